The molecule has 0 N–H and O–H groups in total. The van der Waals surface area contributed by atoms with E-state index in [1.807, 2.05) is 12.1 Å². The minimum atomic E-state index is -0.195. The van der Waals surface area contributed by atoms with Crippen LogP contribution in [0.1, 0.15) is 34.8 Å². The van der Waals surface area contributed by atoms with Gasteiger partial charge in [-0.3, -0.25) is 0 Å². The molecule has 2 aliphatic rings. The Morgan fingerprint density at radius 3 is 2.70 bits per heavy atom. The molecule has 3 heteroatoms. The number of fused-ring (bicyclic) bond motifs is 1. The number of hydrogen-bond acceptors (Lipinski definition) is 2. The van der Waals surface area contributed by atoms with Gasteiger partial charge < -0.3 is 9.47 Å². The Kier molecular flexibility index (Phi) is 3.88. The fourth-order valence-electron chi connectivity index (χ4n) is 3.33. The Morgan fingerprint density at radius 1 is 1.04 bits per heavy atom. The van der Waals surface area contributed by atoms with Crippen LogP contribution in [0.2, 0.25) is 0 Å². The molecule has 2 heterocycles. The maximum absolute atomic E-state index is 13.1. The van der Waals surface area contributed by atoms with Gasteiger partial charge in [0, 0.05) is 12.0 Å². The molecule has 2 aromatic rings. The van der Waals surface area contributed by atoms with Crippen molar-refractivity contribution < 1.29 is 13.9 Å². The molecule has 0 saturated carbocycles. The summed E-state index contributed by atoms with van der Waals surface area (Å²) in [5.41, 5.74) is 4.76. The van der Waals surface area contributed by atoms with Crippen molar-refractivity contribution in [2.24, 2.45) is 0 Å². The van der Waals surface area contributed by atoms with Gasteiger partial charge in [-0.1, -0.05) is 30.4 Å². The largest absolute Gasteiger partial charge is 0.493 e. The van der Waals surface area contributed by atoms with Gasteiger partial charge in [0.2, 0.25) is 0 Å². The number of halogens is 1. The van der Waals surface area contributed by atoms with Crippen LogP contribution in [0.3, 0.4) is 0 Å². The Labute approximate surface area is 135 Å². The first-order valence-corrected chi connectivity index (χ1v) is 8.09. The lowest BCUT2D eigenvalue weighted by molar-refractivity contribution is 0.0657. The molecule has 1 atom stereocenters. The summed E-state index contributed by atoms with van der Waals surface area (Å²) in [5.74, 6) is 0.812. The Bertz CT molecular complexity index is 734. The van der Waals surface area contributed by atoms with Crippen LogP contribution in [0.5, 0.6) is 5.75 Å². The zero-order valence-electron chi connectivity index (χ0n) is 12.9. The van der Waals surface area contributed by atoms with Crippen LogP contribution in [0.4, 0.5) is 4.39 Å². The summed E-state index contributed by atoms with van der Waals surface area (Å²) in [7, 11) is 0. The molecule has 1 unspecified atom stereocenters. The summed E-state index contributed by atoms with van der Waals surface area (Å²) < 4.78 is 24.8. The summed E-state index contributed by atoms with van der Waals surface area (Å²) in [6, 6.07) is 11.1. The zero-order chi connectivity index (χ0) is 15.6. The molecule has 2 nitrogen and oxygen atoms in total. The van der Waals surface area contributed by atoms with Crippen molar-refractivity contribution in [1.82, 2.24) is 0 Å². The second-order valence-corrected chi connectivity index (χ2v) is 6.10. The summed E-state index contributed by atoms with van der Waals surface area (Å²) in [4.78, 5) is 0. The number of hydrogen-bond donors (Lipinski definition) is 0. The van der Waals surface area contributed by atoms with Crippen LogP contribution in [0.25, 0.3) is 0 Å². The fourth-order valence-corrected chi connectivity index (χ4v) is 3.33. The number of benzene rings is 2. The lowest BCUT2D eigenvalue weighted by Crippen LogP contribution is -2.09. The standard InChI is InChI=1S/C20H19FO2/c21-17-6-4-14(5-7-17)11-15-12-16-8-10-23-20(16)18(13-15)19-3-1-2-9-22-19/h1-2,4-7,12-13,19H,3,8-11H2. The van der Waals surface area contributed by atoms with Crippen molar-refractivity contribution in [3.8, 4) is 5.75 Å². The van der Waals surface area contributed by atoms with E-state index < -0.39 is 0 Å². The van der Waals surface area contributed by atoms with E-state index in [0.29, 0.717) is 6.61 Å². The average molecular weight is 310 g/mol. The molecule has 0 aromatic heterocycles. The average Bonchev–Trinajstić information content (AvgIpc) is 3.05. The molecule has 0 spiro atoms. The van der Waals surface area contributed by atoms with E-state index in [9.17, 15) is 4.39 Å². The van der Waals surface area contributed by atoms with Crippen LogP contribution < -0.4 is 4.74 Å². The van der Waals surface area contributed by atoms with Gasteiger partial charge in [-0.2, -0.15) is 0 Å². The third kappa shape index (κ3) is 3.02. The van der Waals surface area contributed by atoms with Gasteiger partial charge in [-0.25, -0.2) is 4.39 Å². The van der Waals surface area contributed by atoms with Crippen molar-refractivity contribution in [2.75, 3.05) is 13.2 Å². The fraction of sp³-hybridized carbons (Fsp3) is 0.300. The minimum Gasteiger partial charge on any atom is -0.493 e. The SMILES string of the molecule is Fc1ccc(Cc2cc3c(c(C4CC=CCO4)c2)OCC3)cc1. The Morgan fingerprint density at radius 2 is 1.91 bits per heavy atom. The molecule has 0 fully saturated rings. The minimum absolute atomic E-state index is 0.0695. The topological polar surface area (TPSA) is 18.5 Å². The lowest BCUT2D eigenvalue weighted by atomic mass is 9.94. The summed E-state index contributed by atoms with van der Waals surface area (Å²) >= 11 is 0. The lowest BCUT2D eigenvalue weighted by Gasteiger charge is -2.22. The molecule has 0 aliphatic carbocycles. The van der Waals surface area contributed by atoms with E-state index >= 15 is 0 Å². The van der Waals surface area contributed by atoms with Crippen LogP contribution in [0, 0.1) is 5.82 Å². The highest BCUT2D eigenvalue weighted by atomic mass is 19.1. The number of rotatable bonds is 3. The molecule has 0 bridgehead atoms. The van der Waals surface area contributed by atoms with E-state index in [1.54, 1.807) is 0 Å². The second kappa shape index (κ2) is 6.17. The highest BCUT2D eigenvalue weighted by molar-refractivity contribution is 5.49. The van der Waals surface area contributed by atoms with E-state index in [4.69, 9.17) is 9.47 Å². The maximum Gasteiger partial charge on any atom is 0.128 e. The molecule has 2 aliphatic heterocycles. The highest BCUT2D eigenvalue weighted by Crippen LogP contribution is 2.39. The summed E-state index contributed by atoms with van der Waals surface area (Å²) in [6.45, 7) is 1.40. The highest BCUT2D eigenvalue weighted by Gasteiger charge is 2.24. The molecule has 118 valence electrons. The van der Waals surface area contributed by atoms with E-state index in [-0.39, 0.29) is 11.9 Å². The molecule has 23 heavy (non-hydrogen) atoms. The quantitative estimate of drug-likeness (QED) is 0.784. The molecule has 0 saturated heterocycles. The van der Waals surface area contributed by atoms with Gasteiger partial charge in [0.1, 0.15) is 11.6 Å². The molecule has 2 aromatic carbocycles. The molecule has 0 radical (unpaired) electrons. The Balaban J connectivity index is 1.67. The predicted molar refractivity (Wildman–Crippen MR) is 87.3 cm³/mol. The molecule has 0 amide bonds. The molecular weight excluding hydrogens is 291 g/mol. The third-order valence-electron chi connectivity index (χ3n) is 4.45. The first-order valence-electron chi connectivity index (χ1n) is 8.09. The van der Waals surface area contributed by atoms with E-state index in [1.165, 1.54) is 23.3 Å². The first kappa shape index (κ1) is 14.5. The molecule has 4 rings (SSSR count). The van der Waals surface area contributed by atoms with Gasteiger partial charge in [0.25, 0.3) is 0 Å². The monoisotopic (exact) mass is 310 g/mol. The first-order chi connectivity index (χ1) is 11.3. The van der Waals surface area contributed by atoms with Crippen molar-refractivity contribution in [3.05, 3.63) is 76.6 Å². The van der Waals surface area contributed by atoms with Gasteiger partial charge >= 0.3 is 0 Å². The normalized spacial score (nSPS) is 19.4. The van der Waals surface area contributed by atoms with Crippen LogP contribution in [-0.2, 0) is 17.6 Å². The van der Waals surface area contributed by atoms with Crippen molar-refractivity contribution in [1.29, 1.82) is 0 Å². The van der Waals surface area contributed by atoms with Crippen molar-refractivity contribution in [2.45, 2.75) is 25.4 Å². The van der Waals surface area contributed by atoms with Crippen molar-refractivity contribution >= 4 is 0 Å². The number of ether oxygens (including phenoxy) is 2. The third-order valence-corrected chi connectivity index (χ3v) is 4.45. The van der Waals surface area contributed by atoms with Crippen molar-refractivity contribution in [3.63, 3.8) is 0 Å². The van der Waals surface area contributed by atoms with Crippen LogP contribution in [-0.4, -0.2) is 13.2 Å². The maximum atomic E-state index is 13.1. The zero-order valence-corrected chi connectivity index (χ0v) is 12.9. The summed E-state index contributed by atoms with van der Waals surface area (Å²) in [5, 5.41) is 0. The second-order valence-electron chi connectivity index (χ2n) is 6.10. The van der Waals surface area contributed by atoms with Crippen LogP contribution in [0.15, 0.2) is 48.6 Å². The van der Waals surface area contributed by atoms with Gasteiger partial charge in [-0.05, 0) is 47.7 Å². The van der Waals surface area contributed by atoms with Gasteiger partial charge in [-0.15, -0.1) is 0 Å². The van der Waals surface area contributed by atoms with Crippen LogP contribution >= 0.6 is 0 Å². The van der Waals surface area contributed by atoms with E-state index in [0.717, 1.165) is 42.7 Å². The summed E-state index contributed by atoms with van der Waals surface area (Å²) in [6.07, 6.45) is 6.92. The Hall–Kier alpha value is -2.13. The predicted octanol–water partition coefficient (Wildman–Crippen LogP) is 4.37. The van der Waals surface area contributed by atoms with Gasteiger partial charge in [0.05, 0.1) is 19.3 Å². The van der Waals surface area contributed by atoms with Gasteiger partial charge in [0.15, 0.2) is 0 Å². The molecular formula is C20H19FO2. The van der Waals surface area contributed by atoms with E-state index in [2.05, 4.69) is 24.3 Å². The smallest absolute Gasteiger partial charge is 0.128 e.